The van der Waals surface area contributed by atoms with Crippen molar-refractivity contribution < 1.29 is 9.18 Å². The molecule has 2 aromatic carbocycles. The van der Waals surface area contributed by atoms with E-state index in [1.807, 2.05) is 12.1 Å². The first-order valence-corrected chi connectivity index (χ1v) is 8.61. The Morgan fingerprint density at radius 1 is 1.15 bits per heavy atom. The molecule has 1 amide bonds. The van der Waals surface area contributed by atoms with Crippen LogP contribution in [0.3, 0.4) is 0 Å². The summed E-state index contributed by atoms with van der Waals surface area (Å²) >= 11 is 5.87. The van der Waals surface area contributed by atoms with Gasteiger partial charge in [0.15, 0.2) is 5.82 Å². The second kappa shape index (κ2) is 7.17. The smallest absolute Gasteiger partial charge is 0.253 e. The summed E-state index contributed by atoms with van der Waals surface area (Å²) in [4.78, 5) is 16.4. The van der Waals surface area contributed by atoms with Gasteiger partial charge in [-0.15, -0.1) is 0 Å². The van der Waals surface area contributed by atoms with Crippen molar-refractivity contribution >= 4 is 28.4 Å². The van der Waals surface area contributed by atoms with E-state index in [1.54, 1.807) is 36.4 Å². The second-order valence-corrected chi connectivity index (χ2v) is 6.40. The fourth-order valence-electron chi connectivity index (χ4n) is 2.88. The number of hydrogen-bond donors (Lipinski definition) is 2. The Labute approximate surface area is 159 Å². The van der Waals surface area contributed by atoms with E-state index in [0.29, 0.717) is 39.3 Å². The van der Waals surface area contributed by atoms with Crippen molar-refractivity contribution in [1.82, 2.24) is 20.5 Å². The SMILES string of the molecule is O=C(NCc1ccc(Cl)cc1)c1cccc2c(-c3ccncc3F)[nH]nc12. The predicted molar refractivity (Wildman–Crippen MR) is 102 cm³/mol. The maximum atomic E-state index is 14.1. The van der Waals surface area contributed by atoms with Gasteiger partial charge in [-0.05, 0) is 29.8 Å². The van der Waals surface area contributed by atoms with Gasteiger partial charge in [0.1, 0.15) is 5.52 Å². The maximum Gasteiger partial charge on any atom is 0.253 e. The Morgan fingerprint density at radius 2 is 1.96 bits per heavy atom. The van der Waals surface area contributed by atoms with Gasteiger partial charge >= 0.3 is 0 Å². The predicted octanol–water partition coefficient (Wildman–Crippen LogP) is 4.35. The molecule has 0 fully saturated rings. The number of aromatic amines is 1. The third kappa shape index (κ3) is 3.39. The summed E-state index contributed by atoms with van der Waals surface area (Å²) in [5.41, 5.74) is 2.70. The molecular weight excluding hydrogens is 367 g/mol. The van der Waals surface area contributed by atoms with Crippen LogP contribution in [0.5, 0.6) is 0 Å². The van der Waals surface area contributed by atoms with Crippen molar-refractivity contribution in [3.05, 3.63) is 82.9 Å². The topological polar surface area (TPSA) is 70.7 Å². The number of pyridine rings is 1. The molecule has 0 bridgehead atoms. The van der Waals surface area contributed by atoms with Crippen LogP contribution in [-0.4, -0.2) is 21.1 Å². The lowest BCUT2D eigenvalue weighted by Crippen LogP contribution is -2.23. The van der Waals surface area contributed by atoms with Crippen molar-refractivity contribution in [2.45, 2.75) is 6.54 Å². The number of amides is 1. The average molecular weight is 381 g/mol. The second-order valence-electron chi connectivity index (χ2n) is 5.97. The zero-order chi connectivity index (χ0) is 18.8. The summed E-state index contributed by atoms with van der Waals surface area (Å²) in [6.07, 6.45) is 2.65. The van der Waals surface area contributed by atoms with Crippen LogP contribution < -0.4 is 5.32 Å². The first kappa shape index (κ1) is 17.2. The number of aromatic nitrogens is 3. The van der Waals surface area contributed by atoms with Crippen molar-refractivity contribution in [3.63, 3.8) is 0 Å². The van der Waals surface area contributed by atoms with Gasteiger partial charge < -0.3 is 5.32 Å². The molecule has 5 nitrogen and oxygen atoms in total. The molecule has 27 heavy (non-hydrogen) atoms. The molecule has 0 saturated carbocycles. The summed E-state index contributed by atoms with van der Waals surface area (Å²) in [6.45, 7) is 0.364. The Hall–Kier alpha value is -3.25. The van der Waals surface area contributed by atoms with E-state index >= 15 is 0 Å². The number of hydrogen-bond acceptors (Lipinski definition) is 3. The summed E-state index contributed by atoms with van der Waals surface area (Å²) < 4.78 is 14.1. The number of carbonyl (C=O) groups is 1. The van der Waals surface area contributed by atoms with E-state index in [4.69, 9.17) is 11.6 Å². The minimum absolute atomic E-state index is 0.260. The Morgan fingerprint density at radius 3 is 2.74 bits per heavy atom. The molecule has 0 unspecified atom stereocenters. The van der Waals surface area contributed by atoms with Crippen LogP contribution in [0, 0.1) is 5.82 Å². The minimum Gasteiger partial charge on any atom is -0.348 e. The molecule has 2 N–H and O–H groups in total. The van der Waals surface area contributed by atoms with Crippen molar-refractivity contribution in [3.8, 4) is 11.3 Å². The number of nitrogens with one attached hydrogen (secondary N) is 2. The van der Waals surface area contributed by atoms with Crippen LogP contribution in [0.2, 0.25) is 5.02 Å². The molecule has 0 spiro atoms. The molecule has 0 aliphatic carbocycles. The number of nitrogens with zero attached hydrogens (tertiary/aromatic N) is 2. The lowest BCUT2D eigenvalue weighted by Gasteiger charge is -2.06. The van der Waals surface area contributed by atoms with Crippen molar-refractivity contribution in [1.29, 1.82) is 0 Å². The summed E-state index contributed by atoms with van der Waals surface area (Å²) in [5.74, 6) is -0.718. The fraction of sp³-hybridized carbons (Fsp3) is 0.0500. The van der Waals surface area contributed by atoms with Gasteiger partial charge in [-0.2, -0.15) is 5.10 Å². The van der Waals surface area contributed by atoms with Gasteiger partial charge in [-0.1, -0.05) is 35.9 Å². The van der Waals surface area contributed by atoms with E-state index in [-0.39, 0.29) is 5.91 Å². The largest absolute Gasteiger partial charge is 0.348 e. The molecular formula is C20H14ClFN4O. The van der Waals surface area contributed by atoms with Gasteiger partial charge in [0.25, 0.3) is 5.91 Å². The Balaban J connectivity index is 1.64. The monoisotopic (exact) mass is 380 g/mol. The van der Waals surface area contributed by atoms with E-state index < -0.39 is 5.82 Å². The highest BCUT2D eigenvalue weighted by molar-refractivity contribution is 6.30. The third-order valence-electron chi connectivity index (χ3n) is 4.24. The molecule has 134 valence electrons. The normalized spacial score (nSPS) is 10.9. The molecule has 4 rings (SSSR count). The quantitative estimate of drug-likeness (QED) is 0.553. The number of halogens is 2. The zero-order valence-corrected chi connectivity index (χ0v) is 14.8. The van der Waals surface area contributed by atoms with Gasteiger partial charge in [0.05, 0.1) is 17.5 Å². The van der Waals surface area contributed by atoms with Gasteiger partial charge in [-0.3, -0.25) is 14.9 Å². The standard InChI is InChI=1S/C20H14ClFN4O/c21-13-6-4-12(5-7-13)10-24-20(27)16-3-1-2-15-18(25-26-19(15)16)14-8-9-23-11-17(14)22/h1-9,11H,10H2,(H,24,27)(H,25,26). The van der Waals surface area contributed by atoms with E-state index in [1.165, 1.54) is 6.20 Å². The van der Waals surface area contributed by atoms with Crippen LogP contribution in [0.15, 0.2) is 60.9 Å². The van der Waals surface area contributed by atoms with Crippen LogP contribution in [0.1, 0.15) is 15.9 Å². The Bertz CT molecular complexity index is 1120. The fourth-order valence-corrected chi connectivity index (χ4v) is 3.01. The highest BCUT2D eigenvalue weighted by Crippen LogP contribution is 2.29. The first-order chi connectivity index (χ1) is 13.1. The molecule has 0 aliphatic heterocycles. The molecule has 0 radical (unpaired) electrons. The molecule has 7 heteroatoms. The van der Waals surface area contributed by atoms with Crippen molar-refractivity contribution in [2.24, 2.45) is 0 Å². The number of carbonyl (C=O) groups excluding carboxylic acids is 1. The lowest BCUT2D eigenvalue weighted by molar-refractivity contribution is 0.0952. The molecule has 2 heterocycles. The highest BCUT2D eigenvalue weighted by Gasteiger charge is 2.17. The van der Waals surface area contributed by atoms with Crippen LogP contribution in [0.25, 0.3) is 22.2 Å². The molecule has 4 aromatic rings. The van der Waals surface area contributed by atoms with Gasteiger partial charge in [-0.25, -0.2) is 4.39 Å². The highest BCUT2D eigenvalue weighted by atomic mass is 35.5. The maximum absolute atomic E-state index is 14.1. The minimum atomic E-state index is -0.458. The number of rotatable bonds is 4. The third-order valence-corrected chi connectivity index (χ3v) is 4.49. The molecule has 2 aromatic heterocycles. The first-order valence-electron chi connectivity index (χ1n) is 8.23. The number of para-hydroxylation sites is 1. The number of fused-ring (bicyclic) bond motifs is 1. The van der Waals surface area contributed by atoms with Crippen LogP contribution >= 0.6 is 11.6 Å². The molecule has 0 atom stereocenters. The van der Waals surface area contributed by atoms with Crippen LogP contribution in [0.4, 0.5) is 4.39 Å². The van der Waals surface area contributed by atoms with E-state index in [2.05, 4.69) is 20.5 Å². The van der Waals surface area contributed by atoms with E-state index in [9.17, 15) is 9.18 Å². The Kier molecular flexibility index (Phi) is 4.56. The summed E-state index contributed by atoms with van der Waals surface area (Å²) in [7, 11) is 0. The average Bonchev–Trinajstić information content (AvgIpc) is 3.11. The summed E-state index contributed by atoms with van der Waals surface area (Å²) in [5, 5.41) is 11.2. The van der Waals surface area contributed by atoms with E-state index in [0.717, 1.165) is 11.8 Å². The molecule has 0 aliphatic rings. The number of H-pyrrole nitrogens is 1. The molecule has 0 saturated heterocycles. The van der Waals surface area contributed by atoms with Crippen molar-refractivity contribution in [2.75, 3.05) is 0 Å². The summed E-state index contributed by atoms with van der Waals surface area (Å²) in [6, 6.07) is 14.0. The van der Waals surface area contributed by atoms with Gasteiger partial charge in [0.2, 0.25) is 0 Å². The zero-order valence-electron chi connectivity index (χ0n) is 14.0. The van der Waals surface area contributed by atoms with Crippen LogP contribution in [-0.2, 0) is 6.54 Å². The van der Waals surface area contributed by atoms with Gasteiger partial charge in [0, 0.05) is 28.7 Å². The number of benzene rings is 2. The lowest BCUT2D eigenvalue weighted by atomic mass is 10.1.